The molecule has 1 unspecified atom stereocenters. The zero-order chi connectivity index (χ0) is 13.8. The summed E-state index contributed by atoms with van der Waals surface area (Å²) in [5, 5.41) is 10.2. The fourth-order valence-corrected chi connectivity index (χ4v) is 4.36. The smallest absolute Gasteiger partial charge is 0.241 e. The van der Waals surface area contributed by atoms with Crippen LogP contribution in [0.25, 0.3) is 0 Å². The number of aliphatic hydroxyl groups is 1. The molecule has 0 aromatic rings. The van der Waals surface area contributed by atoms with Gasteiger partial charge in [-0.1, -0.05) is 0 Å². The minimum absolute atomic E-state index is 0.145. The molecule has 3 rings (SSSR count). The van der Waals surface area contributed by atoms with E-state index in [4.69, 9.17) is 0 Å². The van der Waals surface area contributed by atoms with Crippen LogP contribution in [-0.2, 0) is 14.8 Å². The SMILES string of the molecule is CS(=O)(=O)N1CCCC1C(=O)N1CC(O)(C2CC2)C1. The summed E-state index contributed by atoms with van der Waals surface area (Å²) >= 11 is 0. The van der Waals surface area contributed by atoms with E-state index < -0.39 is 21.7 Å². The Morgan fingerprint density at radius 3 is 2.42 bits per heavy atom. The summed E-state index contributed by atoms with van der Waals surface area (Å²) in [7, 11) is -3.32. The lowest BCUT2D eigenvalue weighted by atomic mass is 9.88. The zero-order valence-electron chi connectivity index (χ0n) is 11.1. The highest BCUT2D eigenvalue weighted by Crippen LogP contribution is 2.44. The van der Waals surface area contributed by atoms with Gasteiger partial charge in [-0.05, 0) is 31.6 Å². The third kappa shape index (κ3) is 2.28. The Morgan fingerprint density at radius 1 is 1.26 bits per heavy atom. The minimum atomic E-state index is -3.32. The van der Waals surface area contributed by atoms with Gasteiger partial charge in [0.25, 0.3) is 0 Å². The average Bonchev–Trinajstić information content (AvgIpc) is 2.99. The summed E-state index contributed by atoms with van der Waals surface area (Å²) in [6, 6.07) is -0.557. The van der Waals surface area contributed by atoms with Crippen molar-refractivity contribution in [2.24, 2.45) is 5.92 Å². The van der Waals surface area contributed by atoms with Crippen LogP contribution >= 0.6 is 0 Å². The lowest BCUT2D eigenvalue weighted by Gasteiger charge is -2.48. The lowest BCUT2D eigenvalue weighted by Crippen LogP contribution is -2.67. The Morgan fingerprint density at radius 2 is 1.89 bits per heavy atom. The summed E-state index contributed by atoms with van der Waals surface area (Å²) in [4.78, 5) is 13.9. The Balaban J connectivity index is 1.65. The molecule has 0 bridgehead atoms. The maximum atomic E-state index is 12.3. The van der Waals surface area contributed by atoms with Crippen molar-refractivity contribution >= 4 is 15.9 Å². The molecule has 6 nitrogen and oxygen atoms in total. The van der Waals surface area contributed by atoms with E-state index in [2.05, 4.69) is 0 Å². The molecule has 2 saturated heterocycles. The molecule has 2 heterocycles. The van der Waals surface area contributed by atoms with Gasteiger partial charge in [-0.2, -0.15) is 4.31 Å². The predicted molar refractivity (Wildman–Crippen MR) is 68.8 cm³/mol. The van der Waals surface area contributed by atoms with Crippen LogP contribution in [0.1, 0.15) is 25.7 Å². The number of nitrogens with zero attached hydrogens (tertiary/aromatic N) is 2. The van der Waals surface area contributed by atoms with Crippen molar-refractivity contribution in [3.63, 3.8) is 0 Å². The zero-order valence-corrected chi connectivity index (χ0v) is 11.9. The monoisotopic (exact) mass is 288 g/mol. The van der Waals surface area contributed by atoms with Crippen molar-refractivity contribution in [3.8, 4) is 0 Å². The molecule has 1 amide bonds. The Bertz CT molecular complexity index is 494. The highest BCUT2D eigenvalue weighted by Gasteiger charge is 2.54. The van der Waals surface area contributed by atoms with Crippen molar-refractivity contribution in [2.75, 3.05) is 25.9 Å². The van der Waals surface area contributed by atoms with E-state index in [0.717, 1.165) is 25.5 Å². The fourth-order valence-electron chi connectivity index (χ4n) is 3.24. The number of sulfonamides is 1. The summed E-state index contributed by atoms with van der Waals surface area (Å²) in [6.07, 6.45) is 4.54. The summed E-state index contributed by atoms with van der Waals surface area (Å²) < 4.78 is 24.6. The van der Waals surface area contributed by atoms with E-state index in [-0.39, 0.29) is 5.91 Å². The molecule has 3 aliphatic rings. The number of β-amino-alcohol motifs (C(OH)–C–C–N with tert-alkyl or cyclic N) is 1. The minimum Gasteiger partial charge on any atom is -0.386 e. The molecule has 1 saturated carbocycles. The normalized spacial score (nSPS) is 31.3. The van der Waals surface area contributed by atoms with E-state index in [1.165, 1.54) is 4.31 Å². The third-order valence-electron chi connectivity index (χ3n) is 4.49. The Kier molecular flexibility index (Phi) is 2.92. The molecule has 19 heavy (non-hydrogen) atoms. The Hall–Kier alpha value is -0.660. The van der Waals surface area contributed by atoms with Gasteiger partial charge in [-0.25, -0.2) is 8.42 Å². The van der Waals surface area contributed by atoms with Crippen molar-refractivity contribution in [1.82, 2.24) is 9.21 Å². The van der Waals surface area contributed by atoms with Crippen molar-refractivity contribution < 1.29 is 18.3 Å². The summed E-state index contributed by atoms with van der Waals surface area (Å²) in [5.41, 5.74) is -0.704. The van der Waals surface area contributed by atoms with Crippen LogP contribution in [0, 0.1) is 5.92 Å². The number of hydrogen-bond donors (Lipinski definition) is 1. The largest absolute Gasteiger partial charge is 0.386 e. The second kappa shape index (κ2) is 4.17. The molecule has 7 heteroatoms. The molecular weight excluding hydrogens is 268 g/mol. The molecule has 0 aromatic carbocycles. The van der Waals surface area contributed by atoms with Gasteiger partial charge in [0.2, 0.25) is 15.9 Å². The van der Waals surface area contributed by atoms with Crippen LogP contribution < -0.4 is 0 Å². The van der Waals surface area contributed by atoms with E-state index in [0.29, 0.717) is 32.0 Å². The number of carbonyl (C=O) groups is 1. The Labute approximate surface area is 113 Å². The molecule has 0 radical (unpaired) electrons. The first-order valence-corrected chi connectivity index (χ1v) is 8.64. The van der Waals surface area contributed by atoms with Gasteiger partial charge in [0.05, 0.1) is 19.3 Å². The maximum Gasteiger partial charge on any atom is 0.241 e. The van der Waals surface area contributed by atoms with E-state index >= 15 is 0 Å². The molecule has 108 valence electrons. The number of carbonyl (C=O) groups excluding carboxylic acids is 1. The lowest BCUT2D eigenvalue weighted by molar-refractivity contribution is -0.162. The number of likely N-dealkylation sites (tertiary alicyclic amines) is 1. The van der Waals surface area contributed by atoms with Crippen LogP contribution in [0.4, 0.5) is 0 Å². The summed E-state index contributed by atoms with van der Waals surface area (Å²) in [6.45, 7) is 1.16. The van der Waals surface area contributed by atoms with Gasteiger partial charge >= 0.3 is 0 Å². The van der Waals surface area contributed by atoms with Gasteiger partial charge in [0, 0.05) is 6.54 Å². The van der Waals surface area contributed by atoms with Crippen LogP contribution in [0.3, 0.4) is 0 Å². The first-order valence-electron chi connectivity index (χ1n) is 6.79. The average molecular weight is 288 g/mol. The molecular formula is C12H20N2O4S. The van der Waals surface area contributed by atoms with Gasteiger partial charge < -0.3 is 10.0 Å². The standard InChI is InChI=1S/C12H20N2O4S/c1-19(17,18)14-6-2-3-10(14)11(15)13-7-12(16,8-13)9-4-5-9/h9-10,16H,2-8H2,1H3. The molecule has 3 fully saturated rings. The molecule has 1 aliphatic carbocycles. The highest BCUT2D eigenvalue weighted by molar-refractivity contribution is 7.88. The first kappa shape index (κ1) is 13.3. The van der Waals surface area contributed by atoms with Crippen LogP contribution in [0.5, 0.6) is 0 Å². The van der Waals surface area contributed by atoms with Gasteiger partial charge in [-0.15, -0.1) is 0 Å². The third-order valence-corrected chi connectivity index (χ3v) is 5.78. The predicted octanol–water partition coefficient (Wildman–Crippen LogP) is -0.606. The number of hydrogen-bond acceptors (Lipinski definition) is 4. The molecule has 0 spiro atoms. The highest BCUT2D eigenvalue weighted by atomic mass is 32.2. The van der Waals surface area contributed by atoms with Crippen LogP contribution in [0.2, 0.25) is 0 Å². The van der Waals surface area contributed by atoms with Crippen LogP contribution in [-0.4, -0.2) is 66.2 Å². The topological polar surface area (TPSA) is 77.9 Å². The second-order valence-corrected chi connectivity index (χ2v) is 8.04. The van der Waals surface area contributed by atoms with Crippen molar-refractivity contribution in [2.45, 2.75) is 37.3 Å². The molecule has 0 aromatic heterocycles. The number of rotatable bonds is 3. The fraction of sp³-hybridized carbons (Fsp3) is 0.917. The second-order valence-electron chi connectivity index (χ2n) is 6.10. The van der Waals surface area contributed by atoms with Crippen molar-refractivity contribution in [1.29, 1.82) is 0 Å². The molecule has 1 N–H and O–H groups in total. The first-order chi connectivity index (χ1) is 8.81. The van der Waals surface area contributed by atoms with Gasteiger partial charge in [-0.3, -0.25) is 4.79 Å². The summed E-state index contributed by atoms with van der Waals surface area (Å²) in [5.74, 6) is 0.194. The quantitative estimate of drug-likeness (QED) is 0.752. The number of amides is 1. The van der Waals surface area contributed by atoms with E-state index in [9.17, 15) is 18.3 Å². The maximum absolute atomic E-state index is 12.3. The molecule has 2 aliphatic heterocycles. The van der Waals surface area contributed by atoms with Crippen molar-refractivity contribution in [3.05, 3.63) is 0 Å². The van der Waals surface area contributed by atoms with Gasteiger partial charge in [0.1, 0.15) is 11.6 Å². The van der Waals surface area contributed by atoms with Crippen LogP contribution in [0.15, 0.2) is 0 Å². The van der Waals surface area contributed by atoms with E-state index in [1.54, 1.807) is 4.90 Å². The van der Waals surface area contributed by atoms with Gasteiger partial charge in [0.15, 0.2) is 0 Å². The molecule has 1 atom stereocenters. The van der Waals surface area contributed by atoms with E-state index in [1.807, 2.05) is 0 Å².